The first kappa shape index (κ1) is 14.4. The molecule has 3 heteroatoms. The molecule has 3 atom stereocenters. The van der Waals surface area contributed by atoms with Crippen molar-refractivity contribution in [2.24, 2.45) is 11.8 Å². The van der Waals surface area contributed by atoms with E-state index in [1.54, 1.807) is 6.07 Å². The molecular weight excluding hydrogens is 244 g/mol. The topological polar surface area (TPSA) is 12.0 Å². The van der Waals surface area contributed by atoms with Crippen molar-refractivity contribution in [1.82, 2.24) is 5.32 Å². The summed E-state index contributed by atoms with van der Waals surface area (Å²) in [5.41, 5.74) is 0.873. The molecule has 0 radical (unpaired) electrons. The van der Waals surface area contributed by atoms with Crippen LogP contribution in [0, 0.1) is 23.5 Å². The zero-order chi connectivity index (χ0) is 13.8. The summed E-state index contributed by atoms with van der Waals surface area (Å²) < 4.78 is 26.2. The van der Waals surface area contributed by atoms with E-state index < -0.39 is 11.6 Å². The molecule has 1 aromatic rings. The van der Waals surface area contributed by atoms with Gasteiger partial charge in [-0.2, -0.15) is 0 Å². The molecule has 0 aromatic heterocycles. The van der Waals surface area contributed by atoms with Crippen molar-refractivity contribution < 1.29 is 8.78 Å². The largest absolute Gasteiger partial charge is 0.316 e. The van der Waals surface area contributed by atoms with E-state index in [0.29, 0.717) is 12.0 Å². The van der Waals surface area contributed by atoms with Crippen LogP contribution in [0.2, 0.25) is 0 Å². The monoisotopic (exact) mass is 267 g/mol. The molecule has 0 bridgehead atoms. The SMILES string of the molecule is CCC1CCC(C(Cc2ccc(F)c(F)c2)NC)C1. The number of hydrogen-bond acceptors (Lipinski definition) is 1. The van der Waals surface area contributed by atoms with Crippen LogP contribution >= 0.6 is 0 Å². The summed E-state index contributed by atoms with van der Waals surface area (Å²) in [5, 5.41) is 3.36. The highest BCUT2D eigenvalue weighted by atomic mass is 19.2. The Morgan fingerprint density at radius 2 is 2.05 bits per heavy atom. The van der Waals surface area contributed by atoms with Crippen LogP contribution in [0.5, 0.6) is 0 Å². The summed E-state index contributed by atoms with van der Waals surface area (Å²) in [6.07, 6.45) is 5.82. The van der Waals surface area contributed by atoms with Gasteiger partial charge in [-0.15, -0.1) is 0 Å². The lowest BCUT2D eigenvalue weighted by Crippen LogP contribution is -2.34. The van der Waals surface area contributed by atoms with Crippen molar-refractivity contribution in [3.05, 3.63) is 35.4 Å². The third-order valence-electron chi connectivity index (χ3n) is 4.54. The Morgan fingerprint density at radius 1 is 1.26 bits per heavy atom. The van der Waals surface area contributed by atoms with Crippen LogP contribution in [-0.4, -0.2) is 13.1 Å². The number of benzene rings is 1. The molecule has 106 valence electrons. The van der Waals surface area contributed by atoms with Crippen LogP contribution in [0.25, 0.3) is 0 Å². The second kappa shape index (κ2) is 6.47. The lowest BCUT2D eigenvalue weighted by molar-refractivity contribution is 0.361. The average molecular weight is 267 g/mol. The predicted octanol–water partition coefficient (Wildman–Crippen LogP) is 3.92. The zero-order valence-corrected chi connectivity index (χ0v) is 11.8. The molecule has 1 aromatic carbocycles. The lowest BCUT2D eigenvalue weighted by atomic mass is 9.91. The Labute approximate surface area is 114 Å². The van der Waals surface area contributed by atoms with Crippen LogP contribution in [-0.2, 0) is 6.42 Å². The van der Waals surface area contributed by atoms with Crippen LogP contribution in [0.3, 0.4) is 0 Å². The van der Waals surface area contributed by atoms with Crippen LogP contribution < -0.4 is 5.32 Å². The third-order valence-corrected chi connectivity index (χ3v) is 4.54. The minimum absolute atomic E-state index is 0.362. The summed E-state index contributed by atoms with van der Waals surface area (Å²) in [6.45, 7) is 2.25. The van der Waals surface area contributed by atoms with Crippen molar-refractivity contribution in [3.8, 4) is 0 Å². The van der Waals surface area contributed by atoms with Gasteiger partial charge in [0.05, 0.1) is 0 Å². The summed E-state index contributed by atoms with van der Waals surface area (Å²) in [6, 6.07) is 4.60. The van der Waals surface area contributed by atoms with Crippen molar-refractivity contribution >= 4 is 0 Å². The predicted molar refractivity (Wildman–Crippen MR) is 74.0 cm³/mol. The van der Waals surface area contributed by atoms with Crippen LogP contribution in [0.15, 0.2) is 18.2 Å². The molecule has 1 nitrogen and oxygen atoms in total. The van der Waals surface area contributed by atoms with Crippen molar-refractivity contribution in [1.29, 1.82) is 0 Å². The van der Waals surface area contributed by atoms with Crippen LogP contribution in [0.4, 0.5) is 8.78 Å². The molecule has 1 aliphatic rings. The van der Waals surface area contributed by atoms with Gasteiger partial charge in [-0.05, 0) is 55.8 Å². The Kier molecular flexibility index (Phi) is 4.92. The van der Waals surface area contributed by atoms with E-state index >= 15 is 0 Å². The fourth-order valence-corrected chi connectivity index (χ4v) is 3.27. The minimum Gasteiger partial charge on any atom is -0.316 e. The van der Waals surface area contributed by atoms with Crippen molar-refractivity contribution in [2.45, 2.75) is 45.1 Å². The fourth-order valence-electron chi connectivity index (χ4n) is 3.27. The van der Waals surface area contributed by atoms with Crippen molar-refractivity contribution in [2.75, 3.05) is 7.05 Å². The Hall–Kier alpha value is -0.960. The zero-order valence-electron chi connectivity index (χ0n) is 11.8. The van der Waals surface area contributed by atoms with Gasteiger partial charge in [0.15, 0.2) is 11.6 Å². The standard InChI is InChI=1S/C16H23F2N/c1-3-11-4-6-13(8-11)16(19-2)10-12-5-7-14(17)15(18)9-12/h5,7,9,11,13,16,19H,3-4,6,8,10H2,1-2H3. The molecule has 1 fully saturated rings. The van der Waals surface area contributed by atoms with E-state index in [-0.39, 0.29) is 0 Å². The Balaban J connectivity index is 2.00. The van der Waals surface area contributed by atoms with E-state index in [1.165, 1.54) is 37.8 Å². The van der Waals surface area contributed by atoms with E-state index in [4.69, 9.17) is 0 Å². The van der Waals surface area contributed by atoms with Crippen LogP contribution in [0.1, 0.15) is 38.2 Å². The molecule has 1 aliphatic carbocycles. The van der Waals surface area contributed by atoms with E-state index in [0.717, 1.165) is 17.9 Å². The molecule has 0 aliphatic heterocycles. The summed E-state index contributed by atoms with van der Waals surface area (Å²) in [5.74, 6) is -0.0178. The van der Waals surface area contributed by atoms with E-state index in [1.807, 2.05) is 7.05 Å². The second-order valence-electron chi connectivity index (χ2n) is 5.70. The van der Waals surface area contributed by atoms with E-state index in [2.05, 4.69) is 12.2 Å². The smallest absolute Gasteiger partial charge is 0.159 e. The van der Waals surface area contributed by atoms with Gasteiger partial charge in [-0.25, -0.2) is 8.78 Å². The van der Waals surface area contributed by atoms with Gasteiger partial charge in [0.2, 0.25) is 0 Å². The number of rotatable bonds is 5. The number of nitrogens with one attached hydrogen (secondary N) is 1. The molecule has 19 heavy (non-hydrogen) atoms. The molecule has 1 saturated carbocycles. The molecule has 2 rings (SSSR count). The molecular formula is C16H23F2N. The maximum Gasteiger partial charge on any atom is 0.159 e. The first-order valence-electron chi connectivity index (χ1n) is 7.25. The normalized spacial score (nSPS) is 24.6. The van der Waals surface area contributed by atoms with Gasteiger partial charge in [0.1, 0.15) is 0 Å². The maximum atomic E-state index is 13.2. The van der Waals surface area contributed by atoms with E-state index in [9.17, 15) is 8.78 Å². The van der Waals surface area contributed by atoms with Gasteiger partial charge >= 0.3 is 0 Å². The first-order chi connectivity index (χ1) is 9.13. The summed E-state index contributed by atoms with van der Waals surface area (Å²) in [4.78, 5) is 0. The molecule has 0 amide bonds. The minimum atomic E-state index is -0.767. The number of halogens is 2. The molecule has 1 N–H and O–H groups in total. The van der Waals surface area contributed by atoms with Gasteiger partial charge in [-0.3, -0.25) is 0 Å². The number of hydrogen-bond donors (Lipinski definition) is 1. The molecule has 0 saturated heterocycles. The second-order valence-corrected chi connectivity index (χ2v) is 5.70. The van der Waals surface area contributed by atoms with Gasteiger partial charge in [0, 0.05) is 6.04 Å². The Morgan fingerprint density at radius 3 is 2.63 bits per heavy atom. The quantitative estimate of drug-likeness (QED) is 0.852. The summed E-state index contributed by atoms with van der Waals surface area (Å²) >= 11 is 0. The maximum absolute atomic E-state index is 13.2. The molecule has 0 heterocycles. The lowest BCUT2D eigenvalue weighted by Gasteiger charge is -2.23. The summed E-state index contributed by atoms with van der Waals surface area (Å²) in [7, 11) is 1.96. The highest BCUT2D eigenvalue weighted by Crippen LogP contribution is 2.35. The average Bonchev–Trinajstić information content (AvgIpc) is 2.88. The third kappa shape index (κ3) is 3.53. The fraction of sp³-hybridized carbons (Fsp3) is 0.625. The first-order valence-corrected chi connectivity index (χ1v) is 7.25. The highest BCUT2D eigenvalue weighted by Gasteiger charge is 2.29. The van der Waals surface area contributed by atoms with Crippen molar-refractivity contribution in [3.63, 3.8) is 0 Å². The van der Waals surface area contributed by atoms with Gasteiger partial charge < -0.3 is 5.32 Å². The van der Waals surface area contributed by atoms with Gasteiger partial charge in [0.25, 0.3) is 0 Å². The van der Waals surface area contributed by atoms with Gasteiger partial charge in [-0.1, -0.05) is 25.8 Å². The molecule has 0 spiro atoms. The Bertz CT molecular complexity index is 419. The highest BCUT2D eigenvalue weighted by molar-refractivity contribution is 5.19. The number of likely N-dealkylation sites (N-methyl/N-ethyl adjacent to an activating group) is 1. The molecule has 3 unspecified atom stereocenters.